The molecule has 0 aromatic carbocycles. The minimum Gasteiger partial charge on any atom is -0.464 e. The number of carbonyl (C=O) groups is 3. The lowest BCUT2D eigenvalue weighted by molar-refractivity contribution is -0.164. The molecule has 2 aliphatic heterocycles. The predicted molar refractivity (Wildman–Crippen MR) is 121 cm³/mol. The summed E-state index contributed by atoms with van der Waals surface area (Å²) in [6.07, 6.45) is 10.8. The van der Waals surface area contributed by atoms with E-state index in [1.165, 1.54) is 6.42 Å². The van der Waals surface area contributed by atoms with Gasteiger partial charge in [0.25, 0.3) is 0 Å². The highest BCUT2D eigenvalue weighted by Gasteiger charge is 2.42. The first-order chi connectivity index (χ1) is 16.0. The molecular formula is C25H38N2O6. The third-order valence-electron chi connectivity index (χ3n) is 7.63. The number of fused-ring (bicyclic) bond motifs is 2. The van der Waals surface area contributed by atoms with Gasteiger partial charge in [-0.25, -0.2) is 4.79 Å². The average molecular weight is 463 g/mol. The smallest absolute Gasteiger partial charge is 0.334 e. The third-order valence-corrected chi connectivity index (χ3v) is 7.63. The Hall–Kier alpha value is -1.93. The second-order valence-electron chi connectivity index (χ2n) is 9.88. The Morgan fingerprint density at radius 1 is 1.21 bits per heavy atom. The zero-order chi connectivity index (χ0) is 23.4. The van der Waals surface area contributed by atoms with E-state index in [2.05, 4.69) is 5.32 Å². The molecule has 2 heterocycles. The maximum Gasteiger partial charge on any atom is 0.334 e. The van der Waals surface area contributed by atoms with Crippen molar-refractivity contribution in [2.45, 2.75) is 89.6 Å². The molecule has 0 spiro atoms. The molecule has 33 heavy (non-hydrogen) atoms. The van der Waals surface area contributed by atoms with Gasteiger partial charge in [-0.1, -0.05) is 12.5 Å². The van der Waals surface area contributed by atoms with Crippen LogP contribution in [-0.2, 0) is 28.6 Å². The summed E-state index contributed by atoms with van der Waals surface area (Å²) in [5.74, 6) is -0.274. The van der Waals surface area contributed by atoms with Gasteiger partial charge in [0, 0.05) is 30.7 Å². The van der Waals surface area contributed by atoms with Crippen LogP contribution in [0.2, 0.25) is 0 Å². The maximum absolute atomic E-state index is 13.2. The number of hydrogen-bond acceptors (Lipinski definition) is 6. The first kappa shape index (κ1) is 24.2. The van der Waals surface area contributed by atoms with E-state index in [-0.39, 0.29) is 48.3 Å². The molecule has 8 heteroatoms. The van der Waals surface area contributed by atoms with Crippen molar-refractivity contribution in [1.82, 2.24) is 10.2 Å². The molecule has 7 unspecified atom stereocenters. The minimum absolute atomic E-state index is 0.0286. The number of nitrogens with one attached hydrogen (secondary N) is 1. The predicted octanol–water partition coefficient (Wildman–Crippen LogP) is 2.56. The van der Waals surface area contributed by atoms with Crippen LogP contribution in [0.5, 0.6) is 0 Å². The Morgan fingerprint density at radius 2 is 2.06 bits per heavy atom. The zero-order valence-corrected chi connectivity index (χ0v) is 19.9. The van der Waals surface area contributed by atoms with E-state index >= 15 is 0 Å². The number of hydrogen-bond donors (Lipinski definition) is 1. The summed E-state index contributed by atoms with van der Waals surface area (Å²) in [7, 11) is 0. The van der Waals surface area contributed by atoms with E-state index in [0.29, 0.717) is 18.6 Å². The molecule has 2 saturated carbocycles. The van der Waals surface area contributed by atoms with Gasteiger partial charge in [0.05, 0.1) is 18.8 Å². The molecule has 4 rings (SSSR count). The Bertz CT molecular complexity index is 755. The SMILES string of the molecule is CCOC(=O)C(C)OC1CCCC2C(=O)N(CC(=O)NC3CCC4OCCCC4C3)C=CC12. The average Bonchev–Trinajstić information content (AvgIpc) is 2.81. The highest BCUT2D eigenvalue weighted by atomic mass is 16.6. The normalized spacial score (nSPS) is 34.7. The molecule has 2 amide bonds. The maximum atomic E-state index is 13.2. The van der Waals surface area contributed by atoms with Gasteiger partial charge in [0.2, 0.25) is 11.8 Å². The lowest BCUT2D eigenvalue weighted by atomic mass is 9.75. The number of ether oxygens (including phenoxy) is 3. The number of carbonyl (C=O) groups excluding carboxylic acids is 3. The van der Waals surface area contributed by atoms with E-state index in [9.17, 15) is 14.4 Å². The molecule has 0 aromatic heterocycles. The Kier molecular flexibility index (Phi) is 8.07. The van der Waals surface area contributed by atoms with Crippen molar-refractivity contribution in [2.24, 2.45) is 17.8 Å². The summed E-state index contributed by atoms with van der Waals surface area (Å²) in [4.78, 5) is 39.4. The van der Waals surface area contributed by atoms with Crippen molar-refractivity contribution in [2.75, 3.05) is 19.8 Å². The molecule has 3 fully saturated rings. The molecule has 0 radical (unpaired) electrons. The first-order valence-electron chi connectivity index (χ1n) is 12.7. The van der Waals surface area contributed by atoms with Crippen molar-refractivity contribution in [3.63, 3.8) is 0 Å². The monoisotopic (exact) mass is 462 g/mol. The largest absolute Gasteiger partial charge is 0.464 e. The molecule has 2 aliphatic carbocycles. The minimum atomic E-state index is -0.661. The third kappa shape index (κ3) is 5.77. The van der Waals surface area contributed by atoms with Crippen molar-refractivity contribution in [3.05, 3.63) is 12.3 Å². The summed E-state index contributed by atoms with van der Waals surface area (Å²) in [6.45, 7) is 4.68. The second kappa shape index (κ2) is 11.0. The summed E-state index contributed by atoms with van der Waals surface area (Å²) < 4.78 is 16.9. The van der Waals surface area contributed by atoms with Gasteiger partial charge in [-0.05, 0) is 64.7 Å². The van der Waals surface area contributed by atoms with Gasteiger partial charge in [0.15, 0.2) is 6.10 Å². The number of amides is 2. The Morgan fingerprint density at radius 3 is 2.88 bits per heavy atom. The Balaban J connectivity index is 1.30. The molecule has 0 aromatic rings. The van der Waals surface area contributed by atoms with Crippen LogP contribution in [0.3, 0.4) is 0 Å². The Labute approximate surface area is 196 Å². The molecule has 0 bridgehead atoms. The topological polar surface area (TPSA) is 94.2 Å². The van der Waals surface area contributed by atoms with Crippen LogP contribution in [0.4, 0.5) is 0 Å². The van der Waals surface area contributed by atoms with Gasteiger partial charge in [0.1, 0.15) is 6.54 Å². The summed E-state index contributed by atoms with van der Waals surface area (Å²) in [6, 6.07) is 0.161. The van der Waals surface area contributed by atoms with Gasteiger partial charge in [-0.2, -0.15) is 0 Å². The number of rotatable bonds is 7. The molecule has 4 aliphatic rings. The van der Waals surface area contributed by atoms with Crippen LogP contribution in [0.25, 0.3) is 0 Å². The zero-order valence-electron chi connectivity index (χ0n) is 19.9. The van der Waals surface area contributed by atoms with Crippen LogP contribution >= 0.6 is 0 Å². The van der Waals surface area contributed by atoms with Crippen molar-refractivity contribution in [3.8, 4) is 0 Å². The number of esters is 1. The summed E-state index contributed by atoms with van der Waals surface area (Å²) in [5, 5.41) is 3.15. The lowest BCUT2D eigenvalue weighted by Crippen LogP contribution is -2.51. The van der Waals surface area contributed by atoms with E-state index in [0.717, 1.165) is 51.6 Å². The fourth-order valence-corrected chi connectivity index (χ4v) is 5.98. The van der Waals surface area contributed by atoms with E-state index in [1.54, 1.807) is 24.9 Å². The fourth-order valence-electron chi connectivity index (χ4n) is 5.98. The van der Waals surface area contributed by atoms with Crippen molar-refractivity contribution < 1.29 is 28.6 Å². The van der Waals surface area contributed by atoms with Gasteiger partial charge < -0.3 is 24.4 Å². The van der Waals surface area contributed by atoms with E-state index in [1.807, 2.05) is 6.08 Å². The van der Waals surface area contributed by atoms with Gasteiger partial charge >= 0.3 is 5.97 Å². The first-order valence-corrected chi connectivity index (χ1v) is 12.7. The quantitative estimate of drug-likeness (QED) is 0.585. The fraction of sp³-hybridized carbons (Fsp3) is 0.800. The van der Waals surface area contributed by atoms with Crippen molar-refractivity contribution in [1.29, 1.82) is 0 Å². The van der Waals surface area contributed by atoms with Crippen LogP contribution < -0.4 is 5.32 Å². The molecule has 184 valence electrons. The molecule has 7 atom stereocenters. The van der Waals surface area contributed by atoms with E-state index in [4.69, 9.17) is 14.2 Å². The van der Waals surface area contributed by atoms with Crippen LogP contribution in [-0.4, -0.2) is 66.8 Å². The highest BCUT2D eigenvalue weighted by Crippen LogP contribution is 2.38. The van der Waals surface area contributed by atoms with Crippen molar-refractivity contribution >= 4 is 17.8 Å². The van der Waals surface area contributed by atoms with E-state index < -0.39 is 6.10 Å². The van der Waals surface area contributed by atoms with Crippen LogP contribution in [0, 0.1) is 17.8 Å². The van der Waals surface area contributed by atoms with Gasteiger partial charge in [-0.15, -0.1) is 0 Å². The lowest BCUT2D eigenvalue weighted by Gasteiger charge is -2.41. The highest BCUT2D eigenvalue weighted by molar-refractivity contribution is 5.88. The van der Waals surface area contributed by atoms with Crippen LogP contribution in [0.1, 0.15) is 65.2 Å². The summed E-state index contributed by atoms with van der Waals surface area (Å²) >= 11 is 0. The standard InChI is InChI=1S/C25H38N2O6/c1-3-31-25(30)16(2)33-22-8-4-7-20-19(22)11-12-27(24(20)29)15-23(28)26-18-9-10-21-17(14-18)6-5-13-32-21/h11-12,16-22H,3-10,13-15H2,1-2H3,(H,26,28). The molecule has 1 saturated heterocycles. The molecule has 8 nitrogen and oxygen atoms in total. The molecule has 1 N–H and O–H groups in total. The second-order valence-corrected chi connectivity index (χ2v) is 9.88. The number of nitrogens with zero attached hydrogens (tertiary/aromatic N) is 1. The molecular weight excluding hydrogens is 424 g/mol. The summed E-state index contributed by atoms with van der Waals surface area (Å²) in [5.41, 5.74) is 0. The van der Waals surface area contributed by atoms with Crippen LogP contribution in [0.15, 0.2) is 12.3 Å². The van der Waals surface area contributed by atoms with Gasteiger partial charge in [-0.3, -0.25) is 9.59 Å².